The van der Waals surface area contributed by atoms with Gasteiger partial charge in [0.2, 0.25) is 0 Å². The van der Waals surface area contributed by atoms with Crippen molar-refractivity contribution in [2.45, 2.75) is 20.0 Å². The predicted octanol–water partition coefficient (Wildman–Crippen LogP) is -4.09. The van der Waals surface area contributed by atoms with Gasteiger partial charge in [0, 0.05) is 0 Å². The molecule has 6 nitrogen and oxygen atoms in total. The minimum atomic E-state index is -0.573. The highest BCUT2D eigenvalue weighted by Crippen LogP contribution is 1.68. The molecule has 1 atom stereocenters. The lowest BCUT2D eigenvalue weighted by Crippen LogP contribution is -2.89. The maximum Gasteiger partial charge on any atom is 0.126 e. The monoisotopic (exact) mass is 250 g/mol. The lowest BCUT2D eigenvalue weighted by atomic mass is 10.4. The zero-order valence-corrected chi connectivity index (χ0v) is 10.8. The van der Waals surface area contributed by atoms with Gasteiger partial charge in [-0.15, -0.1) is 24.7 Å². The maximum atomic E-state index is 9.33. The molecule has 6 heteroatoms. The SMILES string of the molecule is C=C(C)[O-].C=C(C)[O-].[NH3+]CC[NH2+]CC(O)CO. The van der Waals surface area contributed by atoms with Crippen molar-refractivity contribution in [1.82, 2.24) is 0 Å². The Morgan fingerprint density at radius 1 is 1.29 bits per heavy atom. The molecule has 0 aromatic rings. The molecule has 0 aliphatic carbocycles. The summed E-state index contributed by atoms with van der Waals surface area (Å²) in [6.45, 7) is 11.0. The van der Waals surface area contributed by atoms with E-state index in [4.69, 9.17) is 10.2 Å². The van der Waals surface area contributed by atoms with Gasteiger partial charge in [-0.25, -0.2) is 0 Å². The quantitative estimate of drug-likeness (QED) is 0.292. The van der Waals surface area contributed by atoms with Crippen molar-refractivity contribution >= 4 is 0 Å². The van der Waals surface area contributed by atoms with E-state index < -0.39 is 6.10 Å². The second-order valence-electron chi connectivity index (χ2n) is 3.41. The fourth-order valence-corrected chi connectivity index (χ4v) is 0.529. The molecule has 0 fully saturated rings. The fraction of sp³-hybridized carbons (Fsp3) is 0.636. The molecule has 0 bridgehead atoms. The summed E-state index contributed by atoms with van der Waals surface area (Å²) in [6, 6.07) is 0. The summed E-state index contributed by atoms with van der Waals surface area (Å²) in [4.78, 5) is 0. The normalized spacial score (nSPS) is 10.2. The van der Waals surface area contributed by atoms with Crippen LogP contribution in [0.3, 0.4) is 0 Å². The Morgan fingerprint density at radius 3 is 1.88 bits per heavy atom. The second-order valence-corrected chi connectivity index (χ2v) is 3.41. The number of rotatable bonds is 5. The van der Waals surface area contributed by atoms with Crippen LogP contribution in [0.1, 0.15) is 13.8 Å². The summed E-state index contributed by atoms with van der Waals surface area (Å²) in [6.07, 6.45) is -0.573. The van der Waals surface area contributed by atoms with Crippen molar-refractivity contribution in [3.8, 4) is 0 Å². The first-order valence-corrected chi connectivity index (χ1v) is 5.32. The van der Waals surface area contributed by atoms with Crippen LogP contribution in [0.15, 0.2) is 24.7 Å². The highest BCUT2D eigenvalue weighted by atomic mass is 16.3. The molecule has 0 spiro atoms. The third kappa shape index (κ3) is 71.1. The average molecular weight is 250 g/mol. The van der Waals surface area contributed by atoms with E-state index in [0.717, 1.165) is 13.1 Å². The molecule has 0 heterocycles. The molecule has 0 saturated carbocycles. The highest BCUT2D eigenvalue weighted by molar-refractivity contribution is 4.64. The van der Waals surface area contributed by atoms with Crippen molar-refractivity contribution < 1.29 is 31.5 Å². The molecule has 104 valence electrons. The number of nitrogens with two attached hydrogens (primary N) is 1. The van der Waals surface area contributed by atoms with Gasteiger partial charge in [0.15, 0.2) is 0 Å². The Hall–Kier alpha value is -1.08. The van der Waals surface area contributed by atoms with Gasteiger partial charge in [-0.2, -0.15) is 0 Å². The van der Waals surface area contributed by atoms with E-state index in [2.05, 4.69) is 18.9 Å². The second kappa shape index (κ2) is 17.3. The van der Waals surface area contributed by atoms with Crippen LogP contribution in [-0.2, 0) is 0 Å². The first kappa shape index (κ1) is 21.2. The molecule has 7 N–H and O–H groups in total. The van der Waals surface area contributed by atoms with Gasteiger partial charge in [-0.3, -0.25) is 0 Å². The number of allylic oxidation sites excluding steroid dienone is 2. The van der Waals surface area contributed by atoms with Crippen LogP contribution in [0, 0.1) is 0 Å². The molecule has 0 aromatic carbocycles. The minimum Gasteiger partial charge on any atom is -0.876 e. The standard InChI is InChI=1S/C5H14N2O2.2C3H6O/c6-1-2-7-3-5(9)4-8;2*1-3(2)4/h5,7-9H,1-4,6H2;2*4H,1H2,2H3. The lowest BCUT2D eigenvalue weighted by molar-refractivity contribution is -0.675. The Balaban J connectivity index is -0.000000205. The van der Waals surface area contributed by atoms with E-state index in [1.807, 2.05) is 5.32 Å². The summed E-state index contributed by atoms with van der Waals surface area (Å²) < 4.78 is 0. The van der Waals surface area contributed by atoms with Crippen LogP contribution in [0.4, 0.5) is 0 Å². The predicted molar refractivity (Wildman–Crippen MR) is 62.1 cm³/mol. The molecule has 0 amide bonds. The zero-order valence-electron chi connectivity index (χ0n) is 10.8. The van der Waals surface area contributed by atoms with Crippen molar-refractivity contribution in [2.75, 3.05) is 26.2 Å². The van der Waals surface area contributed by atoms with E-state index in [1.165, 1.54) is 13.8 Å². The van der Waals surface area contributed by atoms with Gasteiger partial charge in [0.05, 0.1) is 6.61 Å². The van der Waals surface area contributed by atoms with Crippen LogP contribution >= 0.6 is 0 Å². The van der Waals surface area contributed by atoms with Gasteiger partial charge >= 0.3 is 0 Å². The van der Waals surface area contributed by atoms with Crippen LogP contribution in [0.5, 0.6) is 0 Å². The Bertz CT molecular complexity index is 166. The highest BCUT2D eigenvalue weighted by Gasteiger charge is 2.01. The Labute approximate surface area is 103 Å². The molecular formula is C11H26N2O4. The third-order valence-corrected chi connectivity index (χ3v) is 1.06. The smallest absolute Gasteiger partial charge is 0.126 e. The first-order valence-electron chi connectivity index (χ1n) is 5.32. The molecule has 0 aliphatic rings. The molecule has 0 radical (unpaired) electrons. The molecule has 0 aliphatic heterocycles. The summed E-state index contributed by atoms with van der Waals surface area (Å²) >= 11 is 0. The number of aliphatic hydroxyl groups excluding tert-OH is 2. The van der Waals surface area contributed by atoms with Gasteiger partial charge in [0.25, 0.3) is 0 Å². The van der Waals surface area contributed by atoms with E-state index >= 15 is 0 Å². The third-order valence-electron chi connectivity index (χ3n) is 1.06. The van der Waals surface area contributed by atoms with Gasteiger partial charge < -0.3 is 31.5 Å². The van der Waals surface area contributed by atoms with Crippen molar-refractivity contribution in [1.29, 1.82) is 0 Å². The van der Waals surface area contributed by atoms with Gasteiger partial charge in [0.1, 0.15) is 25.7 Å². The molecule has 17 heavy (non-hydrogen) atoms. The molecule has 0 saturated heterocycles. The molecule has 0 rings (SSSR count). The van der Waals surface area contributed by atoms with Crippen LogP contribution in [0.25, 0.3) is 0 Å². The maximum absolute atomic E-state index is 9.33. The Kier molecular flexibility index (Phi) is 21.6. The van der Waals surface area contributed by atoms with E-state index in [9.17, 15) is 10.2 Å². The van der Waals surface area contributed by atoms with Crippen molar-refractivity contribution in [3.63, 3.8) is 0 Å². The Morgan fingerprint density at radius 2 is 1.65 bits per heavy atom. The van der Waals surface area contributed by atoms with Gasteiger partial charge in [-0.1, -0.05) is 13.8 Å². The summed E-state index contributed by atoms with van der Waals surface area (Å²) in [5, 5.41) is 37.7. The molecular weight excluding hydrogens is 224 g/mol. The van der Waals surface area contributed by atoms with E-state index in [1.54, 1.807) is 0 Å². The van der Waals surface area contributed by atoms with Crippen LogP contribution in [0.2, 0.25) is 0 Å². The van der Waals surface area contributed by atoms with Crippen LogP contribution < -0.4 is 21.3 Å². The van der Waals surface area contributed by atoms with Crippen LogP contribution in [-0.4, -0.2) is 42.6 Å². The van der Waals surface area contributed by atoms with E-state index in [0.29, 0.717) is 6.54 Å². The topological polar surface area (TPSA) is 131 Å². The largest absolute Gasteiger partial charge is 0.876 e. The zero-order chi connectivity index (χ0) is 14.3. The number of aliphatic hydroxyl groups is 2. The lowest BCUT2D eigenvalue weighted by Gasteiger charge is -2.02. The van der Waals surface area contributed by atoms with Gasteiger partial charge in [-0.05, 0) is 0 Å². The number of quaternary nitrogens is 2. The average Bonchev–Trinajstić information content (AvgIpc) is 2.16. The van der Waals surface area contributed by atoms with Crippen molar-refractivity contribution in [3.05, 3.63) is 24.7 Å². The first-order chi connectivity index (χ1) is 7.77. The van der Waals surface area contributed by atoms with Crippen molar-refractivity contribution in [2.24, 2.45) is 0 Å². The number of hydrogen-bond donors (Lipinski definition) is 4. The summed E-state index contributed by atoms with van der Waals surface area (Å²) in [5.41, 5.74) is 3.63. The minimum absolute atomic E-state index is 0.0833. The summed E-state index contributed by atoms with van der Waals surface area (Å²) in [5.74, 6) is -0.167. The van der Waals surface area contributed by atoms with E-state index in [-0.39, 0.29) is 18.1 Å². The molecule has 0 aromatic heterocycles. The summed E-state index contributed by atoms with van der Waals surface area (Å²) in [7, 11) is 0. The number of hydrogen-bond acceptors (Lipinski definition) is 4. The fourth-order valence-electron chi connectivity index (χ4n) is 0.529. The molecule has 1 unspecified atom stereocenters.